The molecule has 26 heavy (non-hydrogen) atoms. The van der Waals surface area contributed by atoms with Crippen LogP contribution < -0.4 is 16.4 Å². The van der Waals surface area contributed by atoms with Gasteiger partial charge in [-0.1, -0.05) is 12.8 Å². The molecule has 5 N–H and O–H groups in total. The van der Waals surface area contributed by atoms with Crippen molar-refractivity contribution in [1.82, 2.24) is 10.3 Å². The number of nitrogens with zero attached hydrogens (tertiary/aromatic N) is 1. The van der Waals surface area contributed by atoms with Crippen LogP contribution in [-0.2, 0) is 9.59 Å². The molecule has 1 aliphatic carbocycles. The van der Waals surface area contributed by atoms with Crippen LogP contribution in [0.15, 0.2) is 12.4 Å². The highest BCUT2D eigenvalue weighted by atomic mass is 16.4. The van der Waals surface area contributed by atoms with Crippen molar-refractivity contribution in [2.24, 2.45) is 5.92 Å². The number of nitrogens with one attached hydrogen (secondary N) is 2. The number of carboxylic acids is 1. The molecule has 1 aliphatic rings. The number of carbonyl (C=O) groups is 3. The zero-order valence-corrected chi connectivity index (χ0v) is 15.2. The van der Waals surface area contributed by atoms with Gasteiger partial charge in [0.2, 0.25) is 11.8 Å². The van der Waals surface area contributed by atoms with E-state index in [0.717, 1.165) is 19.0 Å². The van der Waals surface area contributed by atoms with Crippen molar-refractivity contribution in [1.29, 1.82) is 0 Å². The van der Waals surface area contributed by atoms with Gasteiger partial charge in [-0.3, -0.25) is 14.6 Å². The minimum Gasteiger partial charge on any atom is -0.478 e. The third-order valence-corrected chi connectivity index (χ3v) is 4.52. The third-order valence-electron chi connectivity index (χ3n) is 4.52. The van der Waals surface area contributed by atoms with Gasteiger partial charge in [0.05, 0.1) is 17.6 Å². The van der Waals surface area contributed by atoms with Crippen molar-refractivity contribution in [3.63, 3.8) is 0 Å². The SMILES string of the molecule is CC(C)(CC(=O)Nc1cncc(C(=O)O)c1N)NC(=O)CC1CCCC1. The first-order valence-electron chi connectivity index (χ1n) is 8.75. The lowest BCUT2D eigenvalue weighted by atomic mass is 9.97. The standard InChI is InChI=1S/C18H26N4O4/c1-18(2,22-14(23)7-11-5-3-4-6-11)8-15(24)21-13-10-20-9-12(16(13)19)17(25)26/h9-11H,3-8H2,1-2H3,(H2,19,20)(H,21,24)(H,22,23)(H,25,26). The number of anilines is 2. The Morgan fingerprint density at radius 1 is 1.23 bits per heavy atom. The van der Waals surface area contributed by atoms with Crippen LogP contribution in [-0.4, -0.2) is 33.4 Å². The van der Waals surface area contributed by atoms with Gasteiger partial charge in [0.15, 0.2) is 0 Å². The largest absolute Gasteiger partial charge is 0.478 e. The van der Waals surface area contributed by atoms with Crippen molar-refractivity contribution in [2.45, 2.75) is 57.9 Å². The molecule has 1 aromatic rings. The molecule has 2 amide bonds. The number of hydrogen-bond donors (Lipinski definition) is 4. The fourth-order valence-electron chi connectivity index (χ4n) is 3.29. The van der Waals surface area contributed by atoms with Crippen LogP contribution in [0, 0.1) is 5.92 Å². The van der Waals surface area contributed by atoms with Crippen LogP contribution in [0.4, 0.5) is 11.4 Å². The predicted octanol–water partition coefficient (Wildman–Crippen LogP) is 2.17. The molecule has 1 heterocycles. The first-order valence-corrected chi connectivity index (χ1v) is 8.75. The number of pyridine rings is 1. The van der Waals surface area contributed by atoms with Crippen LogP contribution in [0.5, 0.6) is 0 Å². The molecule has 1 fully saturated rings. The maximum atomic E-state index is 12.3. The highest BCUT2D eigenvalue weighted by Crippen LogP contribution is 2.28. The average molecular weight is 362 g/mol. The van der Waals surface area contributed by atoms with Gasteiger partial charge >= 0.3 is 5.97 Å². The van der Waals surface area contributed by atoms with Crippen LogP contribution in [0.3, 0.4) is 0 Å². The van der Waals surface area contributed by atoms with Crippen molar-refractivity contribution >= 4 is 29.2 Å². The predicted molar refractivity (Wildman–Crippen MR) is 97.7 cm³/mol. The van der Waals surface area contributed by atoms with E-state index in [2.05, 4.69) is 15.6 Å². The number of carboxylic acid groups (broad SMARTS) is 1. The summed E-state index contributed by atoms with van der Waals surface area (Å²) in [6.07, 6.45) is 7.46. The molecule has 1 saturated carbocycles. The normalized spacial score (nSPS) is 14.8. The molecule has 0 bridgehead atoms. The molecular formula is C18H26N4O4. The highest BCUT2D eigenvalue weighted by Gasteiger charge is 2.27. The molecule has 8 heteroatoms. The maximum Gasteiger partial charge on any atom is 0.339 e. The van der Waals surface area contributed by atoms with Gasteiger partial charge < -0.3 is 21.5 Å². The van der Waals surface area contributed by atoms with Gasteiger partial charge in [0, 0.05) is 24.6 Å². The first-order chi connectivity index (χ1) is 12.2. The molecule has 0 saturated heterocycles. The lowest BCUT2D eigenvalue weighted by Crippen LogP contribution is -2.46. The fraction of sp³-hybridized carbons (Fsp3) is 0.556. The minimum atomic E-state index is -1.22. The zero-order chi connectivity index (χ0) is 19.3. The molecule has 1 aromatic heterocycles. The van der Waals surface area contributed by atoms with Crippen LogP contribution in [0.25, 0.3) is 0 Å². The molecule has 0 aromatic carbocycles. The van der Waals surface area contributed by atoms with E-state index in [-0.39, 0.29) is 35.2 Å². The Morgan fingerprint density at radius 2 is 1.88 bits per heavy atom. The second kappa shape index (κ2) is 8.16. The van der Waals surface area contributed by atoms with E-state index in [1.165, 1.54) is 19.0 Å². The van der Waals surface area contributed by atoms with Crippen molar-refractivity contribution in [2.75, 3.05) is 11.1 Å². The fourth-order valence-corrected chi connectivity index (χ4v) is 3.29. The topological polar surface area (TPSA) is 134 Å². The number of amides is 2. The Labute approximate surface area is 152 Å². The van der Waals surface area contributed by atoms with Crippen LogP contribution in [0.1, 0.15) is 62.7 Å². The Hall–Kier alpha value is -2.64. The molecule has 142 valence electrons. The third kappa shape index (κ3) is 5.44. The van der Waals surface area contributed by atoms with E-state index in [1.54, 1.807) is 13.8 Å². The Bertz CT molecular complexity index is 696. The second-order valence-corrected chi connectivity index (χ2v) is 7.47. The number of aromatic nitrogens is 1. The van der Waals surface area contributed by atoms with E-state index in [9.17, 15) is 14.4 Å². The summed E-state index contributed by atoms with van der Waals surface area (Å²) in [4.78, 5) is 39.3. The number of nitrogen functional groups attached to an aromatic ring is 1. The van der Waals surface area contributed by atoms with E-state index in [1.807, 2.05) is 0 Å². The number of hydrogen-bond acceptors (Lipinski definition) is 5. The van der Waals surface area contributed by atoms with E-state index in [4.69, 9.17) is 10.8 Å². The van der Waals surface area contributed by atoms with E-state index >= 15 is 0 Å². The summed E-state index contributed by atoms with van der Waals surface area (Å²) in [7, 11) is 0. The van der Waals surface area contributed by atoms with Gasteiger partial charge in [-0.2, -0.15) is 0 Å². The van der Waals surface area contributed by atoms with Crippen molar-refractivity contribution in [3.05, 3.63) is 18.0 Å². The smallest absolute Gasteiger partial charge is 0.339 e. The summed E-state index contributed by atoms with van der Waals surface area (Å²) in [5, 5.41) is 14.5. The monoisotopic (exact) mass is 362 g/mol. The molecule has 0 spiro atoms. The maximum absolute atomic E-state index is 12.3. The summed E-state index contributed by atoms with van der Waals surface area (Å²) in [6.45, 7) is 3.54. The molecule has 0 aliphatic heterocycles. The summed E-state index contributed by atoms with van der Waals surface area (Å²) in [6, 6.07) is 0. The zero-order valence-electron chi connectivity index (χ0n) is 15.2. The Balaban J connectivity index is 1.92. The number of rotatable bonds is 7. The van der Waals surface area contributed by atoms with E-state index < -0.39 is 11.5 Å². The summed E-state index contributed by atoms with van der Waals surface area (Å²) in [5.74, 6) is -1.22. The summed E-state index contributed by atoms with van der Waals surface area (Å²) in [5.41, 5.74) is 4.95. The summed E-state index contributed by atoms with van der Waals surface area (Å²) >= 11 is 0. The van der Waals surface area contributed by atoms with Crippen LogP contribution >= 0.6 is 0 Å². The summed E-state index contributed by atoms with van der Waals surface area (Å²) < 4.78 is 0. The number of aromatic carboxylic acids is 1. The average Bonchev–Trinajstić information content (AvgIpc) is 3.00. The Kier molecular flexibility index (Phi) is 6.18. The first kappa shape index (κ1) is 19.7. The lowest BCUT2D eigenvalue weighted by molar-refractivity contribution is -0.124. The Morgan fingerprint density at radius 3 is 2.50 bits per heavy atom. The molecule has 0 unspecified atom stereocenters. The lowest BCUT2D eigenvalue weighted by Gasteiger charge is -2.26. The molecule has 8 nitrogen and oxygen atoms in total. The highest BCUT2D eigenvalue weighted by molar-refractivity contribution is 6.01. The van der Waals surface area contributed by atoms with Crippen LogP contribution in [0.2, 0.25) is 0 Å². The van der Waals surface area contributed by atoms with E-state index in [0.29, 0.717) is 12.3 Å². The van der Waals surface area contributed by atoms with Crippen molar-refractivity contribution < 1.29 is 19.5 Å². The van der Waals surface area contributed by atoms with Gasteiger partial charge in [-0.15, -0.1) is 0 Å². The number of nitrogens with two attached hydrogens (primary N) is 1. The van der Waals surface area contributed by atoms with Gasteiger partial charge in [-0.25, -0.2) is 4.79 Å². The van der Waals surface area contributed by atoms with Gasteiger partial charge in [-0.05, 0) is 32.6 Å². The van der Waals surface area contributed by atoms with Gasteiger partial charge in [0.25, 0.3) is 0 Å². The van der Waals surface area contributed by atoms with Crippen molar-refractivity contribution in [3.8, 4) is 0 Å². The molecule has 0 radical (unpaired) electrons. The molecule has 0 atom stereocenters. The minimum absolute atomic E-state index is 0.0279. The number of carbonyl (C=O) groups excluding carboxylic acids is 2. The second-order valence-electron chi connectivity index (χ2n) is 7.47. The van der Waals surface area contributed by atoms with Gasteiger partial charge in [0.1, 0.15) is 5.56 Å². The quantitative estimate of drug-likeness (QED) is 0.587. The molecule has 2 rings (SSSR count). The molecular weight excluding hydrogens is 336 g/mol.